The van der Waals surface area contributed by atoms with Crippen molar-refractivity contribution in [2.45, 2.75) is 32.9 Å². The summed E-state index contributed by atoms with van der Waals surface area (Å²) in [4.78, 5) is 15.7. The second-order valence-corrected chi connectivity index (χ2v) is 9.81. The van der Waals surface area contributed by atoms with E-state index < -0.39 is 0 Å². The standard InChI is InChI=1S/C28H27BrN2O2/c1-18-23(5-3-7-26(18)29)24-6-4-8-27(19(24)2)31-14-11-21-15-20(9-10-25(21)28(31)33)16-30-13-12-22(32)17-30/h3-11,14-15,22,32H,12-13,16-17H2,1-2H3. The summed E-state index contributed by atoms with van der Waals surface area (Å²) in [6, 6.07) is 20.4. The summed E-state index contributed by atoms with van der Waals surface area (Å²) in [5, 5.41) is 11.4. The van der Waals surface area contributed by atoms with Crippen molar-refractivity contribution >= 4 is 26.7 Å². The van der Waals surface area contributed by atoms with Crippen LogP contribution in [0.2, 0.25) is 0 Å². The van der Waals surface area contributed by atoms with Crippen molar-refractivity contribution in [1.82, 2.24) is 9.47 Å². The maximum absolute atomic E-state index is 13.5. The zero-order valence-electron chi connectivity index (χ0n) is 18.9. The van der Waals surface area contributed by atoms with Crippen LogP contribution in [-0.2, 0) is 6.54 Å². The normalized spacial score (nSPS) is 16.5. The first-order chi connectivity index (χ1) is 15.9. The maximum Gasteiger partial charge on any atom is 0.262 e. The zero-order valence-corrected chi connectivity index (χ0v) is 20.5. The Morgan fingerprint density at radius 1 is 1.00 bits per heavy atom. The smallest absolute Gasteiger partial charge is 0.262 e. The molecule has 0 radical (unpaired) electrons. The van der Waals surface area contributed by atoms with E-state index in [1.165, 1.54) is 5.56 Å². The van der Waals surface area contributed by atoms with Gasteiger partial charge in [0, 0.05) is 35.7 Å². The molecule has 5 heteroatoms. The van der Waals surface area contributed by atoms with E-state index in [9.17, 15) is 9.90 Å². The molecule has 1 fully saturated rings. The lowest BCUT2D eigenvalue weighted by Gasteiger charge is -2.17. The average Bonchev–Trinajstić information content (AvgIpc) is 3.21. The van der Waals surface area contributed by atoms with Gasteiger partial charge in [-0.1, -0.05) is 46.3 Å². The van der Waals surface area contributed by atoms with Crippen molar-refractivity contribution in [3.05, 3.63) is 98.4 Å². The molecule has 5 rings (SSSR count). The summed E-state index contributed by atoms with van der Waals surface area (Å²) in [6.45, 7) is 6.60. The Hall–Kier alpha value is -2.73. The third-order valence-electron chi connectivity index (χ3n) is 6.74. The van der Waals surface area contributed by atoms with Crippen LogP contribution in [0.15, 0.2) is 76.1 Å². The van der Waals surface area contributed by atoms with Crippen molar-refractivity contribution < 1.29 is 5.11 Å². The Bertz CT molecular complexity index is 1410. The van der Waals surface area contributed by atoms with Gasteiger partial charge in [0.05, 0.1) is 11.8 Å². The molecule has 2 heterocycles. The molecule has 1 atom stereocenters. The van der Waals surface area contributed by atoms with Crippen molar-refractivity contribution in [2.24, 2.45) is 0 Å². The van der Waals surface area contributed by atoms with Gasteiger partial charge in [-0.25, -0.2) is 0 Å². The van der Waals surface area contributed by atoms with Crippen molar-refractivity contribution in [1.29, 1.82) is 0 Å². The predicted molar refractivity (Wildman–Crippen MR) is 138 cm³/mol. The molecule has 1 aliphatic heterocycles. The monoisotopic (exact) mass is 502 g/mol. The second-order valence-electron chi connectivity index (χ2n) is 8.95. The Balaban J connectivity index is 1.54. The summed E-state index contributed by atoms with van der Waals surface area (Å²) in [5.41, 5.74) is 6.59. The minimum atomic E-state index is -0.225. The fourth-order valence-corrected chi connectivity index (χ4v) is 5.24. The van der Waals surface area contributed by atoms with Gasteiger partial charge in [-0.2, -0.15) is 0 Å². The minimum Gasteiger partial charge on any atom is -0.392 e. The third kappa shape index (κ3) is 4.17. The summed E-state index contributed by atoms with van der Waals surface area (Å²) < 4.78 is 2.83. The van der Waals surface area contributed by atoms with Crippen LogP contribution < -0.4 is 5.56 Å². The van der Waals surface area contributed by atoms with E-state index in [1.807, 2.05) is 48.7 Å². The number of hydrogen-bond donors (Lipinski definition) is 1. The summed E-state index contributed by atoms with van der Waals surface area (Å²) >= 11 is 3.64. The van der Waals surface area contributed by atoms with Crippen molar-refractivity contribution in [3.8, 4) is 16.8 Å². The number of aliphatic hydroxyl groups is 1. The van der Waals surface area contributed by atoms with Crippen molar-refractivity contribution in [3.63, 3.8) is 0 Å². The first-order valence-electron chi connectivity index (χ1n) is 11.3. The molecule has 0 spiro atoms. The number of benzene rings is 3. The summed E-state index contributed by atoms with van der Waals surface area (Å²) in [5.74, 6) is 0. The molecule has 1 N–H and O–H groups in total. The number of β-amino-alcohol motifs (C(OH)–C–C–N with tert-alkyl or cyclic N) is 1. The third-order valence-corrected chi connectivity index (χ3v) is 7.60. The molecule has 4 nitrogen and oxygen atoms in total. The van der Waals surface area contributed by atoms with Gasteiger partial charge in [-0.05, 0) is 83.8 Å². The van der Waals surface area contributed by atoms with Crippen LogP contribution in [0.5, 0.6) is 0 Å². The molecule has 0 amide bonds. The van der Waals surface area contributed by atoms with Crippen LogP contribution in [0.3, 0.4) is 0 Å². The highest BCUT2D eigenvalue weighted by Gasteiger charge is 2.20. The molecule has 4 aromatic rings. The number of hydrogen-bond acceptors (Lipinski definition) is 3. The predicted octanol–water partition coefficient (Wildman–Crippen LogP) is 5.60. The average molecular weight is 503 g/mol. The maximum atomic E-state index is 13.5. The first kappa shape index (κ1) is 22.1. The Morgan fingerprint density at radius 3 is 2.52 bits per heavy atom. The van der Waals surface area contributed by atoms with Crippen molar-refractivity contribution in [2.75, 3.05) is 13.1 Å². The number of halogens is 1. The van der Waals surface area contributed by atoms with E-state index in [4.69, 9.17) is 0 Å². The van der Waals surface area contributed by atoms with Crippen LogP contribution in [0.1, 0.15) is 23.1 Å². The Kier molecular flexibility index (Phi) is 5.95. The van der Waals surface area contributed by atoms with Crippen LogP contribution in [-0.4, -0.2) is 33.8 Å². The SMILES string of the molecule is Cc1c(Br)cccc1-c1cccc(-n2ccc3cc(CN4CCC(O)C4)ccc3c2=O)c1C. The number of nitrogens with zero attached hydrogens (tertiary/aromatic N) is 2. The molecule has 0 saturated carbocycles. The molecule has 1 aliphatic rings. The lowest BCUT2D eigenvalue weighted by Crippen LogP contribution is -2.22. The highest BCUT2D eigenvalue weighted by atomic mass is 79.9. The largest absolute Gasteiger partial charge is 0.392 e. The lowest BCUT2D eigenvalue weighted by atomic mass is 9.95. The van der Waals surface area contributed by atoms with Crippen LogP contribution in [0.25, 0.3) is 27.6 Å². The molecular formula is C28H27BrN2O2. The van der Waals surface area contributed by atoms with E-state index in [1.54, 1.807) is 4.57 Å². The number of pyridine rings is 1. The summed E-state index contributed by atoms with van der Waals surface area (Å²) in [6.07, 6.45) is 2.49. The zero-order chi connectivity index (χ0) is 23.1. The van der Waals surface area contributed by atoms with Gasteiger partial charge in [-0.15, -0.1) is 0 Å². The molecule has 33 heavy (non-hydrogen) atoms. The van der Waals surface area contributed by atoms with E-state index in [-0.39, 0.29) is 11.7 Å². The molecular weight excluding hydrogens is 476 g/mol. The quantitative estimate of drug-likeness (QED) is 0.394. The van der Waals surface area contributed by atoms with Gasteiger partial charge in [-0.3, -0.25) is 14.3 Å². The van der Waals surface area contributed by atoms with Crippen LogP contribution in [0, 0.1) is 13.8 Å². The molecule has 3 aromatic carbocycles. The van der Waals surface area contributed by atoms with Crippen LogP contribution >= 0.6 is 15.9 Å². The topological polar surface area (TPSA) is 45.5 Å². The molecule has 1 aromatic heterocycles. The number of aliphatic hydroxyl groups excluding tert-OH is 1. The molecule has 1 unspecified atom stereocenters. The van der Waals surface area contributed by atoms with E-state index >= 15 is 0 Å². The highest BCUT2D eigenvalue weighted by molar-refractivity contribution is 9.10. The van der Waals surface area contributed by atoms with Gasteiger partial charge < -0.3 is 5.11 Å². The number of rotatable bonds is 4. The Morgan fingerprint density at radius 2 is 1.76 bits per heavy atom. The first-order valence-corrected chi connectivity index (χ1v) is 12.1. The van der Waals surface area contributed by atoms with Gasteiger partial charge in [0.1, 0.15) is 0 Å². The van der Waals surface area contributed by atoms with E-state index in [0.717, 1.165) is 57.3 Å². The fourth-order valence-electron chi connectivity index (χ4n) is 4.87. The summed E-state index contributed by atoms with van der Waals surface area (Å²) in [7, 11) is 0. The number of likely N-dealkylation sites (tertiary alicyclic amines) is 1. The number of fused-ring (bicyclic) bond motifs is 1. The van der Waals surface area contributed by atoms with Gasteiger partial charge >= 0.3 is 0 Å². The second kappa shape index (κ2) is 8.90. The number of aromatic nitrogens is 1. The highest BCUT2D eigenvalue weighted by Crippen LogP contribution is 2.33. The van der Waals surface area contributed by atoms with E-state index in [2.05, 4.69) is 52.9 Å². The lowest BCUT2D eigenvalue weighted by molar-refractivity contribution is 0.175. The van der Waals surface area contributed by atoms with Gasteiger partial charge in [0.25, 0.3) is 5.56 Å². The molecule has 1 saturated heterocycles. The fraction of sp³-hybridized carbons (Fsp3) is 0.250. The Labute approximate surface area is 202 Å². The molecule has 0 aliphatic carbocycles. The minimum absolute atomic E-state index is 0.0122. The van der Waals surface area contributed by atoms with Crippen LogP contribution in [0.4, 0.5) is 0 Å². The van der Waals surface area contributed by atoms with E-state index in [0.29, 0.717) is 11.9 Å². The van der Waals surface area contributed by atoms with Gasteiger partial charge in [0.2, 0.25) is 0 Å². The van der Waals surface area contributed by atoms with Gasteiger partial charge in [0.15, 0.2) is 0 Å². The molecule has 168 valence electrons. The molecule has 0 bridgehead atoms.